The molecule has 0 amide bonds. The van der Waals surface area contributed by atoms with E-state index in [4.69, 9.17) is 9.98 Å². The smallest absolute Gasteiger partial charge is 0.357 e. The summed E-state index contributed by atoms with van der Waals surface area (Å²) < 4.78 is 4.64. The summed E-state index contributed by atoms with van der Waals surface area (Å²) in [5, 5.41) is 4.70. The van der Waals surface area contributed by atoms with Crippen molar-refractivity contribution in [1.82, 2.24) is 19.0 Å². The molecule has 0 N–H and O–H groups in total. The first-order chi connectivity index (χ1) is 27.9. The Morgan fingerprint density at radius 1 is 0.695 bits per heavy atom. The van der Waals surface area contributed by atoms with Gasteiger partial charge in [-0.25, -0.2) is 4.98 Å². The third kappa shape index (κ3) is 5.33. The average Bonchev–Trinajstić information content (AvgIpc) is 3.83. The number of allylic oxidation sites excluding steroid dienone is 4. The van der Waals surface area contributed by atoms with Crippen LogP contribution < -0.4 is 0 Å². The zero-order valence-corrected chi connectivity index (χ0v) is 37.2. The van der Waals surface area contributed by atoms with E-state index in [0.29, 0.717) is 5.92 Å². The van der Waals surface area contributed by atoms with Crippen LogP contribution in [0.4, 0.5) is 0 Å². The van der Waals surface area contributed by atoms with Crippen LogP contribution in [0, 0.1) is 38.8 Å². The molecule has 1 aliphatic heterocycles. The summed E-state index contributed by atoms with van der Waals surface area (Å²) in [7, 11) is 0. The number of aryl methyl sites for hydroxylation is 3. The van der Waals surface area contributed by atoms with Crippen LogP contribution in [0.25, 0.3) is 55.1 Å². The minimum Gasteiger partial charge on any atom is -0.357 e. The number of aromatic nitrogens is 3. The van der Waals surface area contributed by atoms with Gasteiger partial charge in [0.25, 0.3) is 0 Å². The average molecular weight is 949 g/mol. The van der Waals surface area contributed by atoms with Gasteiger partial charge >= 0.3 is 21.1 Å². The molecule has 3 aliphatic rings. The van der Waals surface area contributed by atoms with Crippen molar-refractivity contribution in [3.05, 3.63) is 172 Å². The third-order valence-electron chi connectivity index (χ3n) is 13.6. The Hall–Kier alpha value is -5.51. The van der Waals surface area contributed by atoms with Gasteiger partial charge in [0.15, 0.2) is 0 Å². The number of benzene rings is 5. The molecule has 11 rings (SSSR count). The van der Waals surface area contributed by atoms with E-state index in [1.165, 1.54) is 49.9 Å². The van der Waals surface area contributed by atoms with Gasteiger partial charge in [-0.2, -0.15) is 6.07 Å². The minimum atomic E-state index is -0.359. The zero-order valence-electron chi connectivity index (χ0n) is 34.9. The van der Waals surface area contributed by atoms with Gasteiger partial charge in [0.2, 0.25) is 0 Å². The number of hydrogen-bond donors (Lipinski definition) is 0. The standard InChI is InChI=1S/C53H47N5.Pt/c1-31-15-19-46-43(26-31)41-18-17-39(57-47-20-16-32(2)27-44(47)42-13-11-21-54-51(42)57)29-48(41)56(46)40-25-34(4)24-38(28-40)50-55-52(7)30-37-12-9-10-14-45(37)53(52,8)58(50)49-35(5)22-33(3)23-36(49)6;/h9-22,24-27,36H,23,30H2,1-8H3;/q-2;+2/t36-,52+,53-;/m0./s1. The maximum absolute atomic E-state index is 5.82. The Morgan fingerprint density at radius 2 is 1.42 bits per heavy atom. The maximum atomic E-state index is 5.82. The van der Waals surface area contributed by atoms with Crippen molar-refractivity contribution in [2.24, 2.45) is 10.9 Å². The van der Waals surface area contributed by atoms with Crippen LogP contribution in [0.5, 0.6) is 0 Å². The number of amidine groups is 1. The monoisotopic (exact) mass is 948 g/mol. The Kier molecular flexibility index (Phi) is 8.47. The SMILES string of the molecule is CC1=CC(C)=C(N2C(c3[c-]c(-n4c5[c-]c(-n6c7ccc(C)cc7c7cccnc76)ccc5c5cc(C)ccc54)cc(C)c3)=N[C@]3(C)Cc4ccccc4[C@]23C)[C@@H](C)C1.[Pt+2]. The van der Waals surface area contributed by atoms with Crippen molar-refractivity contribution < 1.29 is 21.1 Å². The molecule has 0 saturated heterocycles. The summed E-state index contributed by atoms with van der Waals surface area (Å²) in [5.41, 5.74) is 16.9. The predicted octanol–water partition coefficient (Wildman–Crippen LogP) is 12.4. The van der Waals surface area contributed by atoms with E-state index in [2.05, 4.69) is 179 Å². The van der Waals surface area contributed by atoms with Crippen LogP contribution in [0.2, 0.25) is 0 Å². The summed E-state index contributed by atoms with van der Waals surface area (Å²) in [6, 6.07) is 43.7. The third-order valence-corrected chi connectivity index (χ3v) is 13.6. The molecule has 8 aromatic rings. The van der Waals surface area contributed by atoms with E-state index in [0.717, 1.165) is 74.1 Å². The number of rotatable bonds is 4. The van der Waals surface area contributed by atoms with E-state index in [1.807, 2.05) is 12.3 Å². The molecule has 0 bridgehead atoms. The first kappa shape index (κ1) is 37.7. The van der Waals surface area contributed by atoms with E-state index in [9.17, 15) is 0 Å². The van der Waals surface area contributed by atoms with Crippen molar-refractivity contribution in [2.75, 3.05) is 0 Å². The second kappa shape index (κ2) is 13.2. The number of fused-ring (bicyclic) bond motifs is 9. The summed E-state index contributed by atoms with van der Waals surface area (Å²) in [6.07, 6.45) is 6.21. The van der Waals surface area contributed by atoms with Crippen LogP contribution in [0.1, 0.15) is 74.4 Å². The zero-order chi connectivity index (χ0) is 39.8. The van der Waals surface area contributed by atoms with E-state index in [1.54, 1.807) is 0 Å². The number of aliphatic imine (C=N–C) groups is 1. The molecule has 0 saturated carbocycles. The minimum absolute atomic E-state index is 0. The molecule has 3 aromatic heterocycles. The second-order valence-corrected chi connectivity index (χ2v) is 17.8. The van der Waals surface area contributed by atoms with Gasteiger partial charge in [0, 0.05) is 28.2 Å². The fourth-order valence-corrected chi connectivity index (χ4v) is 11.0. The molecule has 0 fully saturated rings. The van der Waals surface area contributed by atoms with Gasteiger partial charge in [-0.3, -0.25) is 0 Å². The summed E-state index contributed by atoms with van der Waals surface area (Å²) in [4.78, 5) is 13.4. The molecule has 5 nitrogen and oxygen atoms in total. The van der Waals surface area contributed by atoms with Crippen LogP contribution >= 0.6 is 0 Å². The first-order valence-electron chi connectivity index (χ1n) is 20.7. The van der Waals surface area contributed by atoms with E-state index in [-0.39, 0.29) is 32.1 Å². The molecule has 5 aromatic carbocycles. The van der Waals surface area contributed by atoms with Crippen molar-refractivity contribution in [1.29, 1.82) is 0 Å². The predicted molar refractivity (Wildman–Crippen MR) is 239 cm³/mol. The topological polar surface area (TPSA) is 38.4 Å². The fourth-order valence-electron chi connectivity index (χ4n) is 11.0. The molecular weight excluding hydrogens is 902 g/mol. The van der Waals surface area contributed by atoms with Crippen molar-refractivity contribution >= 4 is 49.6 Å². The molecule has 0 spiro atoms. The summed E-state index contributed by atoms with van der Waals surface area (Å²) in [5.74, 6) is 1.35. The van der Waals surface area contributed by atoms with Crippen LogP contribution in [0.15, 0.2) is 131 Å². The van der Waals surface area contributed by atoms with Crippen LogP contribution in [0.3, 0.4) is 0 Å². The van der Waals surface area contributed by atoms with Gasteiger partial charge in [0.05, 0.1) is 22.4 Å². The Bertz CT molecular complexity index is 3190. The summed E-state index contributed by atoms with van der Waals surface area (Å²) in [6.45, 7) is 18.3. The number of hydrogen-bond acceptors (Lipinski definition) is 3. The Balaban J connectivity index is 0.00000420. The first-order valence-corrected chi connectivity index (χ1v) is 20.7. The van der Waals surface area contributed by atoms with Gasteiger partial charge in [-0.15, -0.1) is 46.8 Å². The molecular formula is C53H47N5Pt. The van der Waals surface area contributed by atoms with Crippen LogP contribution in [-0.4, -0.2) is 30.4 Å². The number of pyridine rings is 1. The Labute approximate surface area is 361 Å². The normalized spacial score (nSPS) is 21.4. The Morgan fingerprint density at radius 3 is 2.19 bits per heavy atom. The molecule has 59 heavy (non-hydrogen) atoms. The molecule has 6 heteroatoms. The molecule has 0 radical (unpaired) electrons. The molecule has 0 unspecified atom stereocenters. The van der Waals surface area contributed by atoms with Gasteiger partial charge in [-0.05, 0) is 118 Å². The van der Waals surface area contributed by atoms with Crippen LogP contribution in [-0.2, 0) is 33.0 Å². The van der Waals surface area contributed by atoms with Crippen molar-refractivity contribution in [3.8, 4) is 11.4 Å². The van der Waals surface area contributed by atoms with Gasteiger partial charge < -0.3 is 19.0 Å². The van der Waals surface area contributed by atoms with Crippen molar-refractivity contribution in [2.45, 2.75) is 79.3 Å². The molecule has 294 valence electrons. The summed E-state index contributed by atoms with van der Waals surface area (Å²) >= 11 is 0. The number of nitrogens with zero attached hydrogens (tertiary/aromatic N) is 5. The quantitative estimate of drug-likeness (QED) is 0.165. The molecule has 2 aliphatic carbocycles. The van der Waals surface area contributed by atoms with E-state index < -0.39 is 0 Å². The van der Waals surface area contributed by atoms with Gasteiger partial charge in [-0.1, -0.05) is 90.3 Å². The molecule has 4 heterocycles. The maximum Gasteiger partial charge on any atom is 2.00 e. The van der Waals surface area contributed by atoms with Crippen molar-refractivity contribution in [3.63, 3.8) is 0 Å². The second-order valence-electron chi connectivity index (χ2n) is 17.8. The largest absolute Gasteiger partial charge is 2.00 e. The fraction of sp³-hybridized carbons (Fsp3) is 0.245. The van der Waals surface area contributed by atoms with Gasteiger partial charge in [0.1, 0.15) is 5.65 Å². The van der Waals surface area contributed by atoms with E-state index >= 15 is 0 Å². The molecule has 3 atom stereocenters.